The fourth-order valence-corrected chi connectivity index (χ4v) is 2.37. The largest absolute Gasteiger partial charge is 0.497 e. The van der Waals surface area contributed by atoms with Crippen LogP contribution in [0.25, 0.3) is 0 Å². The van der Waals surface area contributed by atoms with Crippen LogP contribution in [0.3, 0.4) is 0 Å². The number of methoxy groups -OCH3 is 1. The number of rotatable bonds is 5. The third kappa shape index (κ3) is 3.21. The van der Waals surface area contributed by atoms with Crippen molar-refractivity contribution in [2.45, 2.75) is 25.5 Å². The lowest BCUT2D eigenvalue weighted by molar-refractivity contribution is -0.141. The SMILES string of the molecule is COc1ccc(C2=NOC(C)(C(=O)NCc3ccco3)C2)cc1. The van der Waals surface area contributed by atoms with E-state index in [1.165, 1.54) is 0 Å². The van der Waals surface area contributed by atoms with Crippen LogP contribution in [0.15, 0.2) is 52.2 Å². The minimum absolute atomic E-state index is 0.221. The summed E-state index contributed by atoms with van der Waals surface area (Å²) in [7, 11) is 1.62. The minimum atomic E-state index is -1.01. The number of hydrogen-bond donors (Lipinski definition) is 1. The smallest absolute Gasteiger partial charge is 0.267 e. The molecule has 0 spiro atoms. The number of carbonyl (C=O) groups is 1. The minimum Gasteiger partial charge on any atom is -0.497 e. The molecule has 1 aliphatic heterocycles. The van der Waals surface area contributed by atoms with Gasteiger partial charge in [0.15, 0.2) is 0 Å². The summed E-state index contributed by atoms with van der Waals surface area (Å²) in [6.45, 7) is 2.05. The standard InChI is InChI=1S/C17H18N2O4/c1-17(16(20)18-11-14-4-3-9-22-14)10-15(19-23-17)12-5-7-13(21-2)8-6-12/h3-9H,10-11H2,1-2H3,(H,18,20). The molecule has 1 N–H and O–H groups in total. The van der Waals surface area contributed by atoms with Crippen LogP contribution in [0, 0.1) is 0 Å². The molecule has 1 aliphatic rings. The fraction of sp³-hybridized carbons (Fsp3) is 0.294. The van der Waals surface area contributed by atoms with Gasteiger partial charge in [-0.3, -0.25) is 4.79 Å². The second kappa shape index (κ2) is 6.16. The third-order valence-corrected chi connectivity index (χ3v) is 3.77. The monoisotopic (exact) mass is 314 g/mol. The summed E-state index contributed by atoms with van der Waals surface area (Å²) in [5, 5.41) is 6.88. The first-order valence-corrected chi connectivity index (χ1v) is 7.31. The van der Waals surface area contributed by atoms with E-state index >= 15 is 0 Å². The Balaban J connectivity index is 1.62. The van der Waals surface area contributed by atoms with E-state index < -0.39 is 5.60 Å². The van der Waals surface area contributed by atoms with Crippen molar-refractivity contribution in [1.29, 1.82) is 0 Å². The molecule has 0 saturated heterocycles. The first kappa shape index (κ1) is 15.1. The molecule has 120 valence electrons. The zero-order chi connectivity index (χ0) is 16.3. The summed E-state index contributed by atoms with van der Waals surface area (Å²) >= 11 is 0. The van der Waals surface area contributed by atoms with Crippen molar-refractivity contribution in [3.05, 3.63) is 54.0 Å². The van der Waals surface area contributed by atoms with E-state index in [1.807, 2.05) is 24.3 Å². The van der Waals surface area contributed by atoms with Crippen molar-refractivity contribution in [2.24, 2.45) is 5.16 Å². The van der Waals surface area contributed by atoms with Crippen molar-refractivity contribution in [3.63, 3.8) is 0 Å². The molecule has 1 amide bonds. The highest BCUT2D eigenvalue weighted by Gasteiger charge is 2.42. The number of amides is 1. The number of furan rings is 1. The van der Waals surface area contributed by atoms with Crippen LogP contribution in [0.2, 0.25) is 0 Å². The van der Waals surface area contributed by atoms with Gasteiger partial charge in [0.05, 0.1) is 25.6 Å². The predicted molar refractivity (Wildman–Crippen MR) is 84.2 cm³/mol. The third-order valence-electron chi connectivity index (χ3n) is 3.77. The first-order valence-electron chi connectivity index (χ1n) is 7.31. The molecule has 0 fully saturated rings. The lowest BCUT2D eigenvalue weighted by Crippen LogP contribution is -2.44. The van der Waals surface area contributed by atoms with Gasteiger partial charge in [-0.15, -0.1) is 0 Å². The van der Waals surface area contributed by atoms with Crippen molar-refractivity contribution in [3.8, 4) is 5.75 Å². The van der Waals surface area contributed by atoms with E-state index in [0.29, 0.717) is 18.7 Å². The Morgan fingerprint density at radius 1 is 1.35 bits per heavy atom. The normalized spacial score (nSPS) is 19.8. The van der Waals surface area contributed by atoms with Gasteiger partial charge in [-0.25, -0.2) is 0 Å². The maximum atomic E-state index is 12.4. The second-order valence-electron chi connectivity index (χ2n) is 5.53. The number of carbonyl (C=O) groups excluding carboxylic acids is 1. The van der Waals surface area contributed by atoms with Crippen LogP contribution in [0.1, 0.15) is 24.7 Å². The van der Waals surface area contributed by atoms with Crippen LogP contribution in [0.5, 0.6) is 5.75 Å². The van der Waals surface area contributed by atoms with Gasteiger partial charge in [-0.2, -0.15) is 0 Å². The van der Waals surface area contributed by atoms with Gasteiger partial charge >= 0.3 is 0 Å². The summed E-state index contributed by atoms with van der Waals surface area (Å²) < 4.78 is 10.3. The van der Waals surface area contributed by atoms with E-state index in [1.54, 1.807) is 32.4 Å². The highest BCUT2D eigenvalue weighted by Crippen LogP contribution is 2.27. The Labute approximate surface area is 134 Å². The maximum Gasteiger partial charge on any atom is 0.267 e. The lowest BCUT2D eigenvalue weighted by Gasteiger charge is -2.20. The summed E-state index contributed by atoms with van der Waals surface area (Å²) in [5.41, 5.74) is 0.638. The van der Waals surface area contributed by atoms with Crippen molar-refractivity contribution in [1.82, 2.24) is 5.32 Å². The number of oxime groups is 1. The number of hydrogen-bond acceptors (Lipinski definition) is 5. The van der Waals surface area contributed by atoms with Crippen molar-refractivity contribution >= 4 is 11.6 Å². The zero-order valence-corrected chi connectivity index (χ0v) is 13.0. The number of nitrogens with one attached hydrogen (secondary N) is 1. The summed E-state index contributed by atoms with van der Waals surface area (Å²) in [4.78, 5) is 17.8. The molecule has 0 saturated carbocycles. The van der Waals surface area contributed by atoms with E-state index in [0.717, 1.165) is 17.0 Å². The molecule has 0 bridgehead atoms. The summed E-state index contributed by atoms with van der Waals surface area (Å²) in [6, 6.07) is 11.1. The number of ether oxygens (including phenoxy) is 1. The molecular weight excluding hydrogens is 296 g/mol. The highest BCUT2D eigenvalue weighted by atomic mass is 16.7. The van der Waals surface area contributed by atoms with Gasteiger partial charge in [-0.05, 0) is 48.9 Å². The first-order chi connectivity index (χ1) is 11.1. The topological polar surface area (TPSA) is 73.1 Å². The molecule has 0 radical (unpaired) electrons. The van der Waals surface area contributed by atoms with Gasteiger partial charge in [0.1, 0.15) is 11.5 Å². The molecule has 2 heterocycles. The van der Waals surface area contributed by atoms with Gasteiger partial charge in [0.2, 0.25) is 5.60 Å². The van der Waals surface area contributed by atoms with Gasteiger partial charge < -0.3 is 19.3 Å². The van der Waals surface area contributed by atoms with E-state index in [4.69, 9.17) is 14.0 Å². The van der Waals surface area contributed by atoms with E-state index in [2.05, 4.69) is 10.5 Å². The Morgan fingerprint density at radius 2 is 2.13 bits per heavy atom. The Kier molecular flexibility index (Phi) is 4.06. The molecule has 3 rings (SSSR count). The highest BCUT2D eigenvalue weighted by molar-refractivity contribution is 6.05. The predicted octanol–water partition coefficient (Wildman–Crippen LogP) is 2.49. The quantitative estimate of drug-likeness (QED) is 0.920. The van der Waals surface area contributed by atoms with Crippen molar-refractivity contribution < 1.29 is 18.8 Å². The fourth-order valence-electron chi connectivity index (χ4n) is 2.37. The number of benzene rings is 1. The van der Waals surface area contributed by atoms with Crippen LogP contribution in [-0.2, 0) is 16.2 Å². The van der Waals surface area contributed by atoms with E-state index in [9.17, 15) is 4.79 Å². The molecule has 0 aliphatic carbocycles. The van der Waals surface area contributed by atoms with Crippen LogP contribution in [0.4, 0.5) is 0 Å². The molecule has 1 unspecified atom stereocenters. The summed E-state index contributed by atoms with van der Waals surface area (Å²) in [5.74, 6) is 1.24. The van der Waals surface area contributed by atoms with Crippen LogP contribution in [-0.4, -0.2) is 24.3 Å². The van der Waals surface area contributed by atoms with Gasteiger partial charge in [0, 0.05) is 6.42 Å². The molecule has 1 aromatic carbocycles. The lowest BCUT2D eigenvalue weighted by atomic mass is 9.95. The molecule has 1 atom stereocenters. The molecule has 2 aromatic rings. The molecular formula is C17H18N2O4. The Hall–Kier alpha value is -2.76. The molecule has 1 aromatic heterocycles. The molecule has 6 heteroatoms. The second-order valence-corrected chi connectivity index (χ2v) is 5.53. The van der Waals surface area contributed by atoms with E-state index in [-0.39, 0.29) is 5.91 Å². The van der Waals surface area contributed by atoms with Crippen LogP contribution < -0.4 is 10.1 Å². The van der Waals surface area contributed by atoms with Crippen LogP contribution >= 0.6 is 0 Å². The average molecular weight is 314 g/mol. The molecule has 23 heavy (non-hydrogen) atoms. The van der Waals surface area contributed by atoms with Crippen molar-refractivity contribution in [2.75, 3.05) is 7.11 Å². The number of nitrogens with zero attached hydrogens (tertiary/aromatic N) is 1. The zero-order valence-electron chi connectivity index (χ0n) is 13.0. The van der Waals surface area contributed by atoms with Gasteiger partial charge in [0.25, 0.3) is 5.91 Å². The maximum absolute atomic E-state index is 12.4. The Bertz CT molecular complexity index is 707. The molecule has 6 nitrogen and oxygen atoms in total. The Morgan fingerprint density at radius 3 is 2.78 bits per heavy atom. The average Bonchev–Trinajstić information content (AvgIpc) is 3.23. The van der Waals surface area contributed by atoms with Gasteiger partial charge in [-0.1, -0.05) is 5.16 Å². The summed E-state index contributed by atoms with van der Waals surface area (Å²) in [6.07, 6.45) is 1.98.